The van der Waals surface area contributed by atoms with Gasteiger partial charge in [0.1, 0.15) is 0 Å². The molecule has 0 unspecified atom stereocenters. The first-order valence-electron chi connectivity index (χ1n) is 6.72. The molecule has 110 valence electrons. The molecule has 1 N–H and O–H groups in total. The van der Waals surface area contributed by atoms with Crippen molar-refractivity contribution in [3.8, 4) is 0 Å². The molecule has 0 spiro atoms. The van der Waals surface area contributed by atoms with Gasteiger partial charge in [-0.2, -0.15) is 0 Å². The number of rotatable bonds is 5. The molecule has 1 aliphatic heterocycles. The van der Waals surface area contributed by atoms with E-state index in [9.17, 15) is 9.59 Å². The minimum Gasteiger partial charge on any atom is -0.469 e. The summed E-state index contributed by atoms with van der Waals surface area (Å²) in [5, 5.41) is 5.48. The Labute approximate surface area is 122 Å². The van der Waals surface area contributed by atoms with Crippen LogP contribution in [0.3, 0.4) is 0 Å². The maximum atomic E-state index is 12.0. The van der Waals surface area contributed by atoms with Gasteiger partial charge in [-0.15, -0.1) is 11.3 Å². The standard InChI is InChI=1S/C13H19N3O3S/c1-19-12(18)7-10-9-20-13(15-10)14-8-11(17)16-5-3-2-4-6-16/h9H,2-8H2,1H3,(H,14,15). The molecule has 1 fully saturated rings. The first-order valence-corrected chi connectivity index (χ1v) is 7.60. The van der Waals surface area contributed by atoms with Gasteiger partial charge in [-0.1, -0.05) is 0 Å². The number of amides is 1. The number of piperidine rings is 1. The Morgan fingerprint density at radius 1 is 1.40 bits per heavy atom. The molecule has 2 heterocycles. The number of nitrogens with zero attached hydrogens (tertiary/aromatic N) is 2. The lowest BCUT2D eigenvalue weighted by atomic mass is 10.1. The fourth-order valence-electron chi connectivity index (χ4n) is 2.10. The van der Waals surface area contributed by atoms with Crippen LogP contribution in [0.4, 0.5) is 5.13 Å². The normalized spacial score (nSPS) is 14.9. The molecule has 2 rings (SSSR count). The molecule has 20 heavy (non-hydrogen) atoms. The molecule has 1 amide bonds. The van der Waals surface area contributed by atoms with E-state index in [1.165, 1.54) is 24.9 Å². The molecule has 1 aliphatic rings. The van der Waals surface area contributed by atoms with Crippen LogP contribution in [-0.4, -0.2) is 48.5 Å². The zero-order chi connectivity index (χ0) is 14.4. The van der Waals surface area contributed by atoms with Crippen LogP contribution in [0.5, 0.6) is 0 Å². The highest BCUT2D eigenvalue weighted by Crippen LogP contribution is 2.16. The molecule has 1 aromatic rings. The monoisotopic (exact) mass is 297 g/mol. The molecule has 0 aliphatic carbocycles. The number of esters is 1. The van der Waals surface area contributed by atoms with Gasteiger partial charge < -0.3 is 15.0 Å². The van der Waals surface area contributed by atoms with E-state index in [1.807, 2.05) is 4.90 Å². The smallest absolute Gasteiger partial charge is 0.311 e. The topological polar surface area (TPSA) is 71.5 Å². The predicted octanol–water partition coefficient (Wildman–Crippen LogP) is 1.28. The second kappa shape index (κ2) is 7.23. The first kappa shape index (κ1) is 14.8. The van der Waals surface area contributed by atoms with E-state index in [-0.39, 0.29) is 24.8 Å². The Hall–Kier alpha value is -1.63. The number of likely N-dealkylation sites (tertiary alicyclic amines) is 1. The second-order valence-corrected chi connectivity index (χ2v) is 5.55. The van der Waals surface area contributed by atoms with Crippen LogP contribution >= 0.6 is 11.3 Å². The van der Waals surface area contributed by atoms with Crippen molar-refractivity contribution in [3.63, 3.8) is 0 Å². The zero-order valence-corrected chi connectivity index (χ0v) is 12.4. The van der Waals surface area contributed by atoms with Crippen molar-refractivity contribution in [2.24, 2.45) is 0 Å². The molecule has 7 heteroatoms. The maximum Gasteiger partial charge on any atom is 0.311 e. The minimum atomic E-state index is -0.314. The number of carbonyl (C=O) groups excluding carboxylic acids is 2. The number of nitrogens with one attached hydrogen (secondary N) is 1. The highest BCUT2D eigenvalue weighted by molar-refractivity contribution is 7.13. The van der Waals surface area contributed by atoms with Gasteiger partial charge in [0.2, 0.25) is 5.91 Å². The average molecular weight is 297 g/mol. The Morgan fingerprint density at radius 2 is 2.15 bits per heavy atom. The Balaban J connectivity index is 1.78. The summed E-state index contributed by atoms with van der Waals surface area (Å²) in [6.07, 6.45) is 3.55. The third-order valence-corrected chi connectivity index (χ3v) is 4.05. The van der Waals surface area contributed by atoms with Crippen LogP contribution in [0, 0.1) is 0 Å². The van der Waals surface area contributed by atoms with Crippen molar-refractivity contribution >= 4 is 28.3 Å². The zero-order valence-electron chi connectivity index (χ0n) is 11.6. The summed E-state index contributed by atoms with van der Waals surface area (Å²) in [4.78, 5) is 29.2. The Morgan fingerprint density at radius 3 is 2.85 bits per heavy atom. The average Bonchev–Trinajstić information content (AvgIpc) is 2.93. The summed E-state index contributed by atoms with van der Waals surface area (Å²) < 4.78 is 4.59. The molecule has 0 aromatic carbocycles. The van der Waals surface area contributed by atoms with Crippen molar-refractivity contribution < 1.29 is 14.3 Å². The summed E-state index contributed by atoms with van der Waals surface area (Å²) >= 11 is 1.39. The van der Waals surface area contributed by atoms with E-state index in [0.717, 1.165) is 25.9 Å². The third-order valence-electron chi connectivity index (χ3n) is 3.20. The van der Waals surface area contributed by atoms with E-state index < -0.39 is 0 Å². The number of methoxy groups -OCH3 is 1. The molecule has 0 radical (unpaired) electrons. The lowest BCUT2D eigenvalue weighted by Gasteiger charge is -2.26. The van der Waals surface area contributed by atoms with E-state index >= 15 is 0 Å². The first-order chi connectivity index (χ1) is 9.69. The van der Waals surface area contributed by atoms with Crippen LogP contribution in [-0.2, 0) is 20.7 Å². The van der Waals surface area contributed by atoms with Gasteiger partial charge >= 0.3 is 5.97 Å². The Bertz CT molecular complexity index is 469. The van der Waals surface area contributed by atoms with Crippen molar-refractivity contribution in [3.05, 3.63) is 11.1 Å². The quantitative estimate of drug-likeness (QED) is 0.829. The molecule has 0 bridgehead atoms. The number of hydrogen-bond acceptors (Lipinski definition) is 6. The van der Waals surface area contributed by atoms with E-state index in [1.54, 1.807) is 5.38 Å². The largest absolute Gasteiger partial charge is 0.469 e. The van der Waals surface area contributed by atoms with Crippen molar-refractivity contribution in [2.45, 2.75) is 25.7 Å². The van der Waals surface area contributed by atoms with Gasteiger partial charge in [-0.05, 0) is 19.3 Å². The van der Waals surface area contributed by atoms with Crippen molar-refractivity contribution in [2.75, 3.05) is 32.1 Å². The fraction of sp³-hybridized carbons (Fsp3) is 0.615. The van der Waals surface area contributed by atoms with E-state index in [4.69, 9.17) is 0 Å². The molecule has 1 saturated heterocycles. The number of hydrogen-bond donors (Lipinski definition) is 1. The predicted molar refractivity (Wildman–Crippen MR) is 76.8 cm³/mol. The molecular weight excluding hydrogens is 278 g/mol. The van der Waals surface area contributed by atoms with Crippen molar-refractivity contribution in [1.29, 1.82) is 0 Å². The molecule has 0 atom stereocenters. The molecule has 0 saturated carbocycles. The van der Waals surface area contributed by atoms with Crippen LogP contribution in [0.1, 0.15) is 25.0 Å². The van der Waals surface area contributed by atoms with Gasteiger partial charge in [0, 0.05) is 18.5 Å². The molecule has 6 nitrogen and oxygen atoms in total. The molecular formula is C13H19N3O3S. The van der Waals surface area contributed by atoms with Gasteiger partial charge in [0.25, 0.3) is 0 Å². The highest BCUT2D eigenvalue weighted by Gasteiger charge is 2.16. The number of carbonyl (C=O) groups is 2. The summed E-state index contributed by atoms with van der Waals surface area (Å²) in [7, 11) is 1.35. The third kappa shape index (κ3) is 4.19. The minimum absolute atomic E-state index is 0.106. The lowest BCUT2D eigenvalue weighted by Crippen LogP contribution is -2.39. The van der Waals surface area contributed by atoms with E-state index in [0.29, 0.717) is 10.8 Å². The van der Waals surface area contributed by atoms with Crippen LogP contribution < -0.4 is 5.32 Å². The van der Waals surface area contributed by atoms with Crippen LogP contribution in [0.15, 0.2) is 5.38 Å². The summed E-state index contributed by atoms with van der Waals surface area (Å²) in [6, 6.07) is 0. The number of thiazole rings is 1. The number of ether oxygens (including phenoxy) is 1. The Kier molecular flexibility index (Phi) is 5.34. The summed E-state index contributed by atoms with van der Waals surface area (Å²) in [5.74, 6) is -0.208. The van der Waals surface area contributed by atoms with Gasteiger partial charge in [0.15, 0.2) is 5.13 Å². The van der Waals surface area contributed by atoms with Gasteiger partial charge in [-0.25, -0.2) is 4.98 Å². The lowest BCUT2D eigenvalue weighted by molar-refractivity contribution is -0.139. The number of anilines is 1. The van der Waals surface area contributed by atoms with Crippen molar-refractivity contribution in [1.82, 2.24) is 9.88 Å². The van der Waals surface area contributed by atoms with Crippen LogP contribution in [0.2, 0.25) is 0 Å². The summed E-state index contributed by atoms with van der Waals surface area (Å²) in [6.45, 7) is 1.96. The fourth-order valence-corrected chi connectivity index (χ4v) is 2.80. The van der Waals surface area contributed by atoms with E-state index in [2.05, 4.69) is 15.0 Å². The van der Waals surface area contributed by atoms with Gasteiger partial charge in [0.05, 0.1) is 25.8 Å². The maximum absolute atomic E-state index is 12.0. The van der Waals surface area contributed by atoms with Crippen LogP contribution in [0.25, 0.3) is 0 Å². The molecule has 1 aromatic heterocycles. The number of aromatic nitrogens is 1. The van der Waals surface area contributed by atoms with Gasteiger partial charge in [-0.3, -0.25) is 9.59 Å². The second-order valence-electron chi connectivity index (χ2n) is 4.69. The SMILES string of the molecule is COC(=O)Cc1csc(NCC(=O)N2CCCCC2)n1. The summed E-state index contributed by atoms with van der Waals surface area (Å²) in [5.41, 5.74) is 0.662. The highest BCUT2D eigenvalue weighted by atomic mass is 32.1.